The highest BCUT2D eigenvalue weighted by Crippen LogP contribution is 2.15. The van der Waals surface area contributed by atoms with Crippen molar-refractivity contribution in [1.82, 2.24) is 5.32 Å². The van der Waals surface area contributed by atoms with Gasteiger partial charge in [-0.2, -0.15) is 0 Å². The number of halogens is 1. The van der Waals surface area contributed by atoms with Crippen molar-refractivity contribution in [3.8, 4) is 0 Å². The maximum Gasteiger partial charge on any atom is 0.253 e. The van der Waals surface area contributed by atoms with Gasteiger partial charge in [0.2, 0.25) is 0 Å². The molecule has 17 heavy (non-hydrogen) atoms. The monoisotopic (exact) mass is 258 g/mol. The summed E-state index contributed by atoms with van der Waals surface area (Å²) < 4.78 is 5.19. The molecule has 3 N–H and O–H groups in total. The first-order valence-electron chi connectivity index (χ1n) is 5.35. The highest BCUT2D eigenvalue weighted by Gasteiger charge is 2.18. The van der Waals surface area contributed by atoms with Crippen LogP contribution in [0.1, 0.15) is 18.1 Å². The van der Waals surface area contributed by atoms with E-state index in [-0.39, 0.29) is 18.3 Å². The van der Waals surface area contributed by atoms with Crippen LogP contribution in [0.3, 0.4) is 0 Å². The zero-order valence-electron chi connectivity index (χ0n) is 9.89. The minimum Gasteiger partial charge on any atom is -0.367 e. The standard InChI is InChI=1S/C12H18N2O2.ClH/c1-16-11(10-6-3-2-4-7-10)12(15)14-9-5-8-13;/h2-4,6-7,11H,5,8-9,13H2,1H3,(H,14,15);1H. The summed E-state index contributed by atoms with van der Waals surface area (Å²) in [4.78, 5) is 11.8. The van der Waals surface area contributed by atoms with Crippen LogP contribution in [0.5, 0.6) is 0 Å². The topological polar surface area (TPSA) is 64.3 Å². The lowest BCUT2D eigenvalue weighted by Gasteiger charge is -2.15. The predicted molar refractivity (Wildman–Crippen MR) is 70.1 cm³/mol. The van der Waals surface area contributed by atoms with Gasteiger partial charge in [-0.05, 0) is 18.5 Å². The van der Waals surface area contributed by atoms with Crippen molar-refractivity contribution < 1.29 is 9.53 Å². The molecule has 0 saturated carbocycles. The molecule has 1 aromatic carbocycles. The van der Waals surface area contributed by atoms with Gasteiger partial charge in [-0.1, -0.05) is 30.3 Å². The molecule has 1 aromatic rings. The Morgan fingerprint density at radius 1 is 1.41 bits per heavy atom. The minimum atomic E-state index is -0.543. The molecule has 0 aliphatic heterocycles. The van der Waals surface area contributed by atoms with E-state index in [0.717, 1.165) is 12.0 Å². The van der Waals surface area contributed by atoms with Gasteiger partial charge in [0, 0.05) is 13.7 Å². The molecule has 0 aliphatic rings. The van der Waals surface area contributed by atoms with Gasteiger partial charge in [0.25, 0.3) is 5.91 Å². The van der Waals surface area contributed by atoms with E-state index >= 15 is 0 Å². The molecular weight excluding hydrogens is 240 g/mol. The molecule has 5 heteroatoms. The SMILES string of the molecule is COC(C(=O)NCCCN)c1ccccc1.Cl. The quantitative estimate of drug-likeness (QED) is 0.755. The molecule has 0 spiro atoms. The number of rotatable bonds is 6. The number of carbonyl (C=O) groups is 1. The van der Waals surface area contributed by atoms with Crippen LogP contribution in [0, 0.1) is 0 Å². The van der Waals surface area contributed by atoms with Gasteiger partial charge in [0.05, 0.1) is 0 Å². The van der Waals surface area contributed by atoms with Crippen molar-refractivity contribution in [2.75, 3.05) is 20.2 Å². The van der Waals surface area contributed by atoms with Crippen molar-refractivity contribution in [1.29, 1.82) is 0 Å². The largest absolute Gasteiger partial charge is 0.367 e. The Morgan fingerprint density at radius 2 is 2.06 bits per heavy atom. The van der Waals surface area contributed by atoms with Gasteiger partial charge < -0.3 is 15.8 Å². The summed E-state index contributed by atoms with van der Waals surface area (Å²) in [6.45, 7) is 1.16. The number of nitrogens with two attached hydrogens (primary N) is 1. The van der Waals surface area contributed by atoms with E-state index in [9.17, 15) is 4.79 Å². The molecule has 0 bridgehead atoms. The second kappa shape index (κ2) is 8.98. The number of hydrogen-bond acceptors (Lipinski definition) is 3. The van der Waals surface area contributed by atoms with Crippen molar-refractivity contribution in [2.24, 2.45) is 5.73 Å². The summed E-state index contributed by atoms with van der Waals surface area (Å²) in [6, 6.07) is 9.42. The van der Waals surface area contributed by atoms with Crippen LogP contribution in [0.15, 0.2) is 30.3 Å². The molecule has 4 nitrogen and oxygen atoms in total. The van der Waals surface area contributed by atoms with E-state index in [1.807, 2.05) is 30.3 Å². The smallest absolute Gasteiger partial charge is 0.253 e. The second-order valence-corrected chi connectivity index (χ2v) is 3.46. The first-order valence-corrected chi connectivity index (χ1v) is 5.35. The average Bonchev–Trinajstić information content (AvgIpc) is 2.32. The lowest BCUT2D eigenvalue weighted by atomic mass is 10.1. The summed E-state index contributed by atoms with van der Waals surface area (Å²) in [5.74, 6) is -0.123. The molecule has 0 heterocycles. The van der Waals surface area contributed by atoms with Crippen LogP contribution in [-0.4, -0.2) is 26.1 Å². The van der Waals surface area contributed by atoms with Crippen LogP contribution in [-0.2, 0) is 9.53 Å². The second-order valence-electron chi connectivity index (χ2n) is 3.46. The number of ether oxygens (including phenoxy) is 1. The Kier molecular flexibility index (Phi) is 8.40. The summed E-state index contributed by atoms with van der Waals surface area (Å²) in [5.41, 5.74) is 6.21. The first-order chi connectivity index (χ1) is 7.79. The number of benzene rings is 1. The first kappa shape index (κ1) is 15.9. The number of hydrogen-bond donors (Lipinski definition) is 2. The molecule has 0 fully saturated rings. The van der Waals surface area contributed by atoms with Crippen LogP contribution in [0.2, 0.25) is 0 Å². The Balaban J connectivity index is 0.00000256. The molecule has 1 rings (SSSR count). The fourth-order valence-corrected chi connectivity index (χ4v) is 1.43. The van der Waals surface area contributed by atoms with Gasteiger partial charge in [-0.25, -0.2) is 0 Å². The fraction of sp³-hybridized carbons (Fsp3) is 0.417. The zero-order chi connectivity index (χ0) is 11.8. The van der Waals surface area contributed by atoms with E-state index in [4.69, 9.17) is 10.5 Å². The minimum absolute atomic E-state index is 0. The maximum absolute atomic E-state index is 11.8. The zero-order valence-corrected chi connectivity index (χ0v) is 10.7. The van der Waals surface area contributed by atoms with E-state index in [1.54, 1.807) is 0 Å². The molecule has 96 valence electrons. The van der Waals surface area contributed by atoms with E-state index in [1.165, 1.54) is 7.11 Å². The lowest BCUT2D eigenvalue weighted by molar-refractivity contribution is -0.131. The molecule has 0 aromatic heterocycles. The van der Waals surface area contributed by atoms with E-state index in [2.05, 4.69) is 5.32 Å². The van der Waals surface area contributed by atoms with Crippen LogP contribution < -0.4 is 11.1 Å². The van der Waals surface area contributed by atoms with Crippen molar-refractivity contribution >= 4 is 18.3 Å². The van der Waals surface area contributed by atoms with Crippen LogP contribution in [0.25, 0.3) is 0 Å². The predicted octanol–water partition coefficient (Wildman–Crippen LogP) is 1.26. The molecule has 1 amide bonds. The van der Waals surface area contributed by atoms with Crippen molar-refractivity contribution in [2.45, 2.75) is 12.5 Å². The molecule has 0 radical (unpaired) electrons. The lowest BCUT2D eigenvalue weighted by Crippen LogP contribution is -2.31. The third-order valence-corrected chi connectivity index (χ3v) is 2.26. The highest BCUT2D eigenvalue weighted by atomic mass is 35.5. The number of amides is 1. The summed E-state index contributed by atoms with van der Waals surface area (Å²) >= 11 is 0. The molecule has 0 aliphatic carbocycles. The Labute approximate surface area is 108 Å². The maximum atomic E-state index is 11.8. The third-order valence-electron chi connectivity index (χ3n) is 2.26. The molecule has 1 atom stereocenters. The normalized spacial score (nSPS) is 11.4. The van der Waals surface area contributed by atoms with Gasteiger partial charge in [0.15, 0.2) is 6.10 Å². The summed E-state index contributed by atoms with van der Waals surface area (Å²) in [5, 5.41) is 2.79. The molecule has 0 saturated heterocycles. The van der Waals surface area contributed by atoms with Gasteiger partial charge in [-0.3, -0.25) is 4.79 Å². The number of nitrogens with one attached hydrogen (secondary N) is 1. The van der Waals surface area contributed by atoms with Crippen molar-refractivity contribution in [3.63, 3.8) is 0 Å². The van der Waals surface area contributed by atoms with Crippen molar-refractivity contribution in [3.05, 3.63) is 35.9 Å². The highest BCUT2D eigenvalue weighted by molar-refractivity contribution is 5.85. The number of carbonyl (C=O) groups excluding carboxylic acids is 1. The Bertz CT molecular complexity index is 320. The third kappa shape index (κ3) is 5.17. The number of methoxy groups -OCH3 is 1. The fourth-order valence-electron chi connectivity index (χ4n) is 1.43. The molecular formula is C12H19ClN2O2. The van der Waals surface area contributed by atoms with Crippen LogP contribution >= 0.6 is 12.4 Å². The summed E-state index contributed by atoms with van der Waals surface area (Å²) in [6.07, 6.45) is 0.232. The Morgan fingerprint density at radius 3 is 2.59 bits per heavy atom. The van der Waals surface area contributed by atoms with Crippen LogP contribution in [0.4, 0.5) is 0 Å². The van der Waals surface area contributed by atoms with Gasteiger partial charge in [-0.15, -0.1) is 12.4 Å². The summed E-state index contributed by atoms with van der Waals surface area (Å²) in [7, 11) is 1.53. The van der Waals surface area contributed by atoms with E-state index < -0.39 is 6.10 Å². The van der Waals surface area contributed by atoms with E-state index in [0.29, 0.717) is 13.1 Å². The van der Waals surface area contributed by atoms with Gasteiger partial charge >= 0.3 is 0 Å². The molecule has 1 unspecified atom stereocenters. The average molecular weight is 259 g/mol. The Hall–Kier alpha value is -1.10. The van der Waals surface area contributed by atoms with Gasteiger partial charge in [0.1, 0.15) is 0 Å².